The molecule has 0 bridgehead atoms. The molecule has 0 unspecified atom stereocenters. The maximum absolute atomic E-state index is 12.7. The minimum Gasteiger partial charge on any atom is -0.459 e. The average molecular weight is 570 g/mol. The number of ether oxygens (including phenoxy) is 2. The van der Waals surface area contributed by atoms with Gasteiger partial charge in [-0.25, -0.2) is 4.79 Å². The van der Waals surface area contributed by atoms with Gasteiger partial charge in [0.25, 0.3) is 5.91 Å². The highest BCUT2D eigenvalue weighted by atomic mass is 16.6. The molecule has 0 saturated carbocycles. The van der Waals surface area contributed by atoms with E-state index in [0.717, 1.165) is 19.3 Å². The Labute approximate surface area is 243 Å². The second kappa shape index (κ2) is 18.4. The lowest BCUT2D eigenvalue weighted by Gasteiger charge is -2.16. The Kier molecular flexibility index (Phi) is 14.6. The van der Waals surface area contributed by atoms with Crippen LogP contribution in [0.25, 0.3) is 0 Å². The molecule has 0 radical (unpaired) electrons. The van der Waals surface area contributed by atoms with Crippen molar-refractivity contribution in [2.75, 3.05) is 11.9 Å². The first kappa shape index (κ1) is 32.5. The number of carbonyl (C=O) groups is 2. The van der Waals surface area contributed by atoms with Gasteiger partial charge < -0.3 is 19.9 Å². The molecule has 1 aromatic carbocycles. The van der Waals surface area contributed by atoms with E-state index in [2.05, 4.69) is 17.2 Å². The molecule has 2 heterocycles. The molecule has 1 aromatic heterocycles. The number of hydrogen-bond donors (Lipinski definition) is 2. The van der Waals surface area contributed by atoms with Gasteiger partial charge in [-0.1, -0.05) is 102 Å². The van der Waals surface area contributed by atoms with Crippen molar-refractivity contribution in [3.63, 3.8) is 0 Å². The van der Waals surface area contributed by atoms with Gasteiger partial charge >= 0.3 is 11.7 Å². The molecule has 226 valence electrons. The normalized spacial score (nSPS) is 18.3. The number of carbonyl (C=O) groups excluding carboxylic acids is 2. The standard InChI is InChI=1S/C32H47N3O6/c1-2-3-4-5-6-7-8-9-10-11-12-13-17-20-30(37)41-26-23-29(40-27(26)24-36)35-22-21-28(34-32(35)39)33-31(38)25-18-15-14-16-19-25/h14-16,18-19,21-22,26-27,29,36H,2-13,17,20,23-24H2,1H3,(H,33,34,38,39)/t26-,27+,29+/m1/s1. The van der Waals surface area contributed by atoms with Crippen molar-refractivity contribution >= 4 is 17.7 Å². The maximum Gasteiger partial charge on any atom is 0.351 e. The third-order valence-electron chi connectivity index (χ3n) is 7.55. The molecule has 0 spiro atoms. The zero-order valence-corrected chi connectivity index (χ0v) is 24.5. The molecule has 41 heavy (non-hydrogen) atoms. The van der Waals surface area contributed by atoms with E-state index in [4.69, 9.17) is 9.47 Å². The van der Waals surface area contributed by atoms with Crippen LogP contribution in [0, 0.1) is 0 Å². The van der Waals surface area contributed by atoms with Gasteiger partial charge in [-0.2, -0.15) is 4.98 Å². The number of nitrogens with zero attached hydrogens (tertiary/aromatic N) is 2. The monoisotopic (exact) mass is 569 g/mol. The minimum absolute atomic E-state index is 0.123. The van der Waals surface area contributed by atoms with E-state index in [-0.39, 0.29) is 30.7 Å². The number of rotatable bonds is 19. The number of unbranched alkanes of at least 4 members (excludes halogenated alkanes) is 12. The van der Waals surface area contributed by atoms with E-state index in [1.165, 1.54) is 81.0 Å². The van der Waals surface area contributed by atoms with Gasteiger partial charge in [0, 0.05) is 24.6 Å². The largest absolute Gasteiger partial charge is 0.459 e. The van der Waals surface area contributed by atoms with E-state index in [0.29, 0.717) is 12.0 Å². The Hall–Kier alpha value is -3.04. The second-order valence-electron chi connectivity index (χ2n) is 10.9. The average Bonchev–Trinajstić information content (AvgIpc) is 3.38. The molecule has 9 heteroatoms. The third-order valence-corrected chi connectivity index (χ3v) is 7.55. The van der Waals surface area contributed by atoms with Crippen molar-refractivity contribution in [2.24, 2.45) is 0 Å². The molecule has 1 saturated heterocycles. The summed E-state index contributed by atoms with van der Waals surface area (Å²) >= 11 is 0. The first-order valence-electron chi connectivity index (χ1n) is 15.4. The van der Waals surface area contributed by atoms with Crippen molar-refractivity contribution in [3.05, 3.63) is 58.6 Å². The van der Waals surface area contributed by atoms with Gasteiger partial charge in [-0.3, -0.25) is 14.2 Å². The van der Waals surface area contributed by atoms with Crippen LogP contribution in [0.2, 0.25) is 0 Å². The highest BCUT2D eigenvalue weighted by molar-refractivity contribution is 6.03. The summed E-state index contributed by atoms with van der Waals surface area (Å²) in [5, 5.41) is 12.4. The zero-order chi connectivity index (χ0) is 29.3. The van der Waals surface area contributed by atoms with Crippen LogP contribution in [0.4, 0.5) is 5.82 Å². The number of amides is 1. The number of nitrogens with one attached hydrogen (secondary N) is 1. The zero-order valence-electron chi connectivity index (χ0n) is 24.5. The summed E-state index contributed by atoms with van der Waals surface area (Å²) in [4.78, 5) is 41.4. The molecule has 0 aliphatic carbocycles. The predicted molar refractivity (Wildman–Crippen MR) is 159 cm³/mol. The van der Waals surface area contributed by atoms with Gasteiger partial charge in [-0.05, 0) is 24.6 Å². The lowest BCUT2D eigenvalue weighted by Crippen LogP contribution is -2.30. The van der Waals surface area contributed by atoms with Crippen molar-refractivity contribution in [2.45, 2.75) is 122 Å². The SMILES string of the molecule is CCCCCCCCCCCCCCCC(=O)O[C@@H]1C[C@@H](n2ccc(NC(=O)c3ccccc3)nc2=O)O[C@H]1CO. The van der Waals surface area contributed by atoms with E-state index >= 15 is 0 Å². The molecular weight excluding hydrogens is 522 g/mol. The Bertz CT molecular complexity index is 1110. The Morgan fingerprint density at radius 3 is 2.15 bits per heavy atom. The van der Waals surface area contributed by atoms with Crippen LogP contribution in [0.3, 0.4) is 0 Å². The van der Waals surface area contributed by atoms with Crippen LogP contribution in [0.5, 0.6) is 0 Å². The minimum atomic E-state index is -0.736. The van der Waals surface area contributed by atoms with Crippen molar-refractivity contribution in [1.82, 2.24) is 9.55 Å². The molecule has 1 fully saturated rings. The summed E-state index contributed by atoms with van der Waals surface area (Å²) in [6.07, 6.45) is 16.0. The van der Waals surface area contributed by atoms with Crippen LogP contribution in [0.1, 0.15) is 120 Å². The maximum atomic E-state index is 12.7. The van der Waals surface area contributed by atoms with E-state index in [1.807, 2.05) is 6.07 Å². The number of aromatic nitrogens is 2. The van der Waals surface area contributed by atoms with Gasteiger partial charge in [0.2, 0.25) is 0 Å². The summed E-state index contributed by atoms with van der Waals surface area (Å²) in [5.41, 5.74) is -0.164. The van der Waals surface area contributed by atoms with Gasteiger partial charge in [0.15, 0.2) is 0 Å². The molecule has 3 rings (SSSR count). The second-order valence-corrected chi connectivity index (χ2v) is 10.9. The van der Waals surface area contributed by atoms with Gasteiger partial charge in [0.05, 0.1) is 6.61 Å². The first-order chi connectivity index (χ1) is 20.0. The number of esters is 1. The fourth-order valence-corrected chi connectivity index (χ4v) is 5.15. The van der Waals surface area contributed by atoms with E-state index < -0.39 is 24.1 Å². The lowest BCUT2D eigenvalue weighted by atomic mass is 10.0. The van der Waals surface area contributed by atoms with Crippen LogP contribution in [-0.2, 0) is 14.3 Å². The van der Waals surface area contributed by atoms with Gasteiger partial charge in [-0.15, -0.1) is 0 Å². The van der Waals surface area contributed by atoms with Crippen molar-refractivity contribution < 1.29 is 24.2 Å². The first-order valence-corrected chi connectivity index (χ1v) is 15.4. The summed E-state index contributed by atoms with van der Waals surface area (Å²) in [6.45, 7) is 1.91. The van der Waals surface area contributed by atoms with Crippen LogP contribution in [-0.4, -0.2) is 45.3 Å². The summed E-state index contributed by atoms with van der Waals surface area (Å²) < 4.78 is 12.7. The van der Waals surface area contributed by atoms with Crippen LogP contribution in [0.15, 0.2) is 47.4 Å². The predicted octanol–water partition coefficient (Wildman–Crippen LogP) is 6.17. The molecule has 9 nitrogen and oxygen atoms in total. The fraction of sp³-hybridized carbons (Fsp3) is 0.625. The number of benzene rings is 1. The molecule has 3 atom stereocenters. The number of hydrogen-bond acceptors (Lipinski definition) is 7. The Morgan fingerprint density at radius 1 is 0.951 bits per heavy atom. The van der Waals surface area contributed by atoms with Gasteiger partial charge in [0.1, 0.15) is 24.3 Å². The topological polar surface area (TPSA) is 120 Å². The van der Waals surface area contributed by atoms with E-state index in [9.17, 15) is 19.5 Å². The molecule has 1 aliphatic heterocycles. The number of aliphatic hydroxyl groups excluding tert-OH is 1. The van der Waals surface area contributed by atoms with Crippen LogP contribution >= 0.6 is 0 Å². The molecule has 2 N–H and O–H groups in total. The number of aliphatic hydroxyl groups is 1. The van der Waals surface area contributed by atoms with Crippen molar-refractivity contribution in [3.8, 4) is 0 Å². The smallest absolute Gasteiger partial charge is 0.351 e. The van der Waals surface area contributed by atoms with Crippen LogP contribution < -0.4 is 11.0 Å². The molecule has 2 aromatic rings. The molecule has 1 amide bonds. The quantitative estimate of drug-likeness (QED) is 0.153. The van der Waals surface area contributed by atoms with Crippen molar-refractivity contribution in [1.29, 1.82) is 0 Å². The molecular formula is C32H47N3O6. The lowest BCUT2D eigenvalue weighted by molar-refractivity contribution is -0.153. The number of anilines is 1. The fourth-order valence-electron chi connectivity index (χ4n) is 5.15. The summed E-state index contributed by atoms with van der Waals surface area (Å²) in [7, 11) is 0. The van der Waals surface area contributed by atoms with E-state index in [1.54, 1.807) is 24.3 Å². The molecule has 1 aliphatic rings. The Morgan fingerprint density at radius 2 is 1.56 bits per heavy atom. The third kappa shape index (κ3) is 11.4. The Balaban J connectivity index is 1.33. The summed E-state index contributed by atoms with van der Waals surface area (Å²) in [5.74, 6) is -0.564. The summed E-state index contributed by atoms with van der Waals surface area (Å²) in [6, 6.07) is 10.1. The highest BCUT2D eigenvalue weighted by Gasteiger charge is 2.39. The highest BCUT2D eigenvalue weighted by Crippen LogP contribution is 2.30.